The van der Waals surface area contributed by atoms with E-state index < -0.39 is 0 Å². The number of ether oxygens (including phenoxy) is 1. The van der Waals surface area contributed by atoms with Crippen LogP contribution in [0.2, 0.25) is 0 Å². The predicted molar refractivity (Wildman–Crippen MR) is 59.5 cm³/mol. The summed E-state index contributed by atoms with van der Waals surface area (Å²) in [5.41, 5.74) is 1.66. The molecule has 0 heterocycles. The molecule has 0 saturated carbocycles. The molecule has 14 heavy (non-hydrogen) atoms. The highest BCUT2D eigenvalue weighted by atomic mass is 32.2. The van der Waals surface area contributed by atoms with E-state index in [9.17, 15) is 4.79 Å². The maximum atomic E-state index is 11.3. The second-order valence-corrected chi connectivity index (χ2v) is 3.88. The molecule has 0 aliphatic heterocycles. The van der Waals surface area contributed by atoms with Crippen molar-refractivity contribution < 1.29 is 9.53 Å². The Morgan fingerprint density at radius 2 is 2.07 bits per heavy atom. The Morgan fingerprint density at radius 3 is 2.50 bits per heavy atom. The van der Waals surface area contributed by atoms with Crippen LogP contribution in [0.15, 0.2) is 17.0 Å². The lowest BCUT2D eigenvalue weighted by atomic mass is 10.0. The van der Waals surface area contributed by atoms with E-state index in [1.165, 1.54) is 0 Å². The third-order valence-electron chi connectivity index (χ3n) is 2.17. The normalized spacial score (nSPS) is 10.0. The number of ketones is 1. The van der Waals surface area contributed by atoms with Gasteiger partial charge in [-0.3, -0.25) is 4.79 Å². The zero-order chi connectivity index (χ0) is 10.7. The van der Waals surface area contributed by atoms with Gasteiger partial charge in [0.15, 0.2) is 5.78 Å². The molecule has 3 heteroatoms. The minimum atomic E-state index is 0.0773. The standard InChI is InChI=1S/C11H14O2S/c1-7-9(8(2)12)5-6-10(14-4)11(7)13-3/h5-6H,1-4H3. The Morgan fingerprint density at radius 1 is 1.43 bits per heavy atom. The number of methoxy groups -OCH3 is 1. The van der Waals surface area contributed by atoms with Crippen molar-refractivity contribution >= 4 is 17.5 Å². The Kier molecular flexibility index (Phi) is 3.58. The zero-order valence-electron chi connectivity index (χ0n) is 8.88. The van der Waals surface area contributed by atoms with E-state index in [0.717, 1.165) is 21.8 Å². The first-order valence-electron chi connectivity index (χ1n) is 4.34. The minimum Gasteiger partial charge on any atom is -0.495 e. The molecule has 0 bridgehead atoms. The lowest BCUT2D eigenvalue weighted by Gasteiger charge is -2.11. The molecule has 0 aliphatic carbocycles. The van der Waals surface area contributed by atoms with Crippen molar-refractivity contribution in [1.82, 2.24) is 0 Å². The van der Waals surface area contributed by atoms with E-state index in [4.69, 9.17) is 4.74 Å². The molecule has 1 aromatic rings. The third kappa shape index (κ3) is 1.93. The Bertz CT molecular complexity index is 359. The van der Waals surface area contributed by atoms with Crippen LogP contribution < -0.4 is 4.74 Å². The molecule has 0 saturated heterocycles. The van der Waals surface area contributed by atoms with Gasteiger partial charge in [0.05, 0.1) is 7.11 Å². The summed E-state index contributed by atoms with van der Waals surface area (Å²) in [6, 6.07) is 3.78. The number of Topliss-reactive ketones (excluding diaryl/α,β-unsaturated/α-hetero) is 1. The molecule has 2 nitrogen and oxygen atoms in total. The van der Waals surface area contributed by atoms with Crippen LogP contribution in [-0.2, 0) is 0 Å². The molecule has 0 spiro atoms. The summed E-state index contributed by atoms with van der Waals surface area (Å²) in [7, 11) is 1.63. The van der Waals surface area contributed by atoms with Crippen molar-refractivity contribution in [2.45, 2.75) is 18.7 Å². The van der Waals surface area contributed by atoms with Gasteiger partial charge in [0.2, 0.25) is 0 Å². The Hall–Kier alpha value is -0.960. The molecule has 1 aromatic carbocycles. The first-order chi connectivity index (χ1) is 6.61. The topological polar surface area (TPSA) is 26.3 Å². The van der Waals surface area contributed by atoms with E-state index in [2.05, 4.69) is 0 Å². The first kappa shape index (κ1) is 11.1. The van der Waals surface area contributed by atoms with Gasteiger partial charge in [-0.15, -0.1) is 11.8 Å². The number of benzene rings is 1. The van der Waals surface area contributed by atoms with Gasteiger partial charge in [0.25, 0.3) is 0 Å². The van der Waals surface area contributed by atoms with E-state index in [-0.39, 0.29) is 5.78 Å². The summed E-state index contributed by atoms with van der Waals surface area (Å²) < 4.78 is 5.28. The number of carbonyl (C=O) groups is 1. The molecule has 76 valence electrons. The molecule has 0 N–H and O–H groups in total. The van der Waals surface area contributed by atoms with Gasteiger partial charge in [0.1, 0.15) is 5.75 Å². The van der Waals surface area contributed by atoms with Gasteiger partial charge in [-0.25, -0.2) is 0 Å². The quantitative estimate of drug-likeness (QED) is 0.567. The van der Waals surface area contributed by atoms with Gasteiger partial charge in [0, 0.05) is 16.0 Å². The van der Waals surface area contributed by atoms with E-state index >= 15 is 0 Å². The van der Waals surface area contributed by atoms with Crippen molar-refractivity contribution in [3.8, 4) is 5.75 Å². The molecule has 1 rings (SSSR count). The summed E-state index contributed by atoms with van der Waals surface area (Å²) in [4.78, 5) is 12.3. The van der Waals surface area contributed by atoms with Gasteiger partial charge in [-0.05, 0) is 32.2 Å². The summed E-state index contributed by atoms with van der Waals surface area (Å²) in [6.07, 6.45) is 1.99. The lowest BCUT2D eigenvalue weighted by molar-refractivity contribution is 0.101. The minimum absolute atomic E-state index is 0.0773. The number of carbonyl (C=O) groups excluding carboxylic acids is 1. The summed E-state index contributed by atoms with van der Waals surface area (Å²) in [6.45, 7) is 3.48. The number of hydrogen-bond donors (Lipinski definition) is 0. The molecular weight excluding hydrogens is 196 g/mol. The van der Waals surface area contributed by atoms with Crippen LogP contribution in [0.4, 0.5) is 0 Å². The van der Waals surface area contributed by atoms with Crippen molar-refractivity contribution in [2.24, 2.45) is 0 Å². The fourth-order valence-electron chi connectivity index (χ4n) is 1.46. The molecule has 0 aromatic heterocycles. The second kappa shape index (κ2) is 4.51. The van der Waals surface area contributed by atoms with Gasteiger partial charge in [-0.2, -0.15) is 0 Å². The highest BCUT2D eigenvalue weighted by molar-refractivity contribution is 7.98. The Labute approximate surface area is 88.7 Å². The predicted octanol–water partition coefficient (Wildman–Crippen LogP) is 2.93. The highest BCUT2D eigenvalue weighted by Crippen LogP contribution is 2.32. The maximum absolute atomic E-state index is 11.3. The number of rotatable bonds is 3. The van der Waals surface area contributed by atoms with Gasteiger partial charge >= 0.3 is 0 Å². The highest BCUT2D eigenvalue weighted by Gasteiger charge is 2.12. The average Bonchev–Trinajstić information content (AvgIpc) is 2.16. The van der Waals surface area contributed by atoms with Gasteiger partial charge in [-0.1, -0.05) is 0 Å². The molecule has 0 amide bonds. The number of hydrogen-bond acceptors (Lipinski definition) is 3. The van der Waals surface area contributed by atoms with Crippen LogP contribution in [-0.4, -0.2) is 19.1 Å². The van der Waals surface area contributed by atoms with Crippen molar-refractivity contribution in [2.75, 3.05) is 13.4 Å². The SMILES string of the molecule is COc1c(SC)ccc(C(C)=O)c1C. The van der Waals surface area contributed by atoms with Crippen LogP contribution in [0.1, 0.15) is 22.8 Å². The lowest BCUT2D eigenvalue weighted by Crippen LogP contribution is -1.99. The molecule has 0 unspecified atom stereocenters. The summed E-state index contributed by atoms with van der Waals surface area (Å²) >= 11 is 1.62. The molecule has 0 atom stereocenters. The third-order valence-corrected chi connectivity index (χ3v) is 2.93. The second-order valence-electron chi connectivity index (χ2n) is 3.03. The maximum Gasteiger partial charge on any atom is 0.160 e. The van der Waals surface area contributed by atoms with Gasteiger partial charge < -0.3 is 4.74 Å². The molecule has 0 fully saturated rings. The fourth-order valence-corrected chi connectivity index (χ4v) is 2.09. The van der Waals surface area contributed by atoms with E-state index in [1.54, 1.807) is 25.8 Å². The first-order valence-corrected chi connectivity index (χ1v) is 5.56. The van der Waals surface area contributed by atoms with Crippen LogP contribution in [0, 0.1) is 6.92 Å². The molecular formula is C11H14O2S. The summed E-state index contributed by atoms with van der Waals surface area (Å²) in [5, 5.41) is 0. The Balaban J connectivity index is 3.34. The van der Waals surface area contributed by atoms with Crippen LogP contribution in [0.5, 0.6) is 5.75 Å². The molecule has 0 radical (unpaired) electrons. The fraction of sp³-hybridized carbons (Fsp3) is 0.364. The van der Waals surface area contributed by atoms with Crippen LogP contribution in [0.3, 0.4) is 0 Å². The van der Waals surface area contributed by atoms with E-state index in [1.807, 2.05) is 25.3 Å². The van der Waals surface area contributed by atoms with Crippen molar-refractivity contribution in [3.63, 3.8) is 0 Å². The number of thioether (sulfide) groups is 1. The average molecular weight is 210 g/mol. The summed E-state index contributed by atoms with van der Waals surface area (Å²) in [5.74, 6) is 0.888. The molecule has 0 aliphatic rings. The van der Waals surface area contributed by atoms with E-state index in [0.29, 0.717) is 0 Å². The monoisotopic (exact) mass is 210 g/mol. The van der Waals surface area contributed by atoms with Crippen molar-refractivity contribution in [3.05, 3.63) is 23.3 Å². The smallest absolute Gasteiger partial charge is 0.160 e. The van der Waals surface area contributed by atoms with Crippen LogP contribution in [0.25, 0.3) is 0 Å². The largest absolute Gasteiger partial charge is 0.495 e. The van der Waals surface area contributed by atoms with Crippen molar-refractivity contribution in [1.29, 1.82) is 0 Å². The van der Waals surface area contributed by atoms with Crippen LogP contribution >= 0.6 is 11.8 Å². The zero-order valence-corrected chi connectivity index (χ0v) is 9.70.